The summed E-state index contributed by atoms with van der Waals surface area (Å²) in [4.78, 5) is 32.6. The molecule has 2 fully saturated rings. The monoisotopic (exact) mass is 409 g/mol. The molecule has 1 saturated carbocycles. The van der Waals surface area contributed by atoms with Crippen LogP contribution in [0.3, 0.4) is 0 Å². The zero-order valence-corrected chi connectivity index (χ0v) is 19.1. The van der Waals surface area contributed by atoms with Crippen LogP contribution >= 0.6 is 0 Å². The minimum Gasteiger partial charge on any atom is -0.444 e. The second kappa shape index (κ2) is 9.67. The first kappa shape index (κ1) is 23.3. The predicted octanol–water partition coefficient (Wildman–Crippen LogP) is 2.05. The van der Waals surface area contributed by atoms with E-state index in [2.05, 4.69) is 34.4 Å². The standard InChI is InChI=1S/C21H39N5O3/c1-8-14(2)23-19(22-11-18(27)25(6)7)26-12-15-9-10-17(16(15)13-26)24-20(28)29-21(3,4)5/h14-17H,8-13H2,1-7H3,(H,22,23)(H,24,28). The summed E-state index contributed by atoms with van der Waals surface area (Å²) in [6, 6.07) is 0.396. The molecular formula is C21H39N5O3. The number of carbonyl (C=O) groups is 2. The van der Waals surface area contributed by atoms with Gasteiger partial charge in [-0.3, -0.25) is 4.79 Å². The Bertz CT molecular complexity index is 614. The van der Waals surface area contributed by atoms with Crippen LogP contribution in [0.1, 0.15) is 53.9 Å². The van der Waals surface area contributed by atoms with E-state index in [0.29, 0.717) is 11.8 Å². The van der Waals surface area contributed by atoms with Crippen LogP contribution in [0.5, 0.6) is 0 Å². The van der Waals surface area contributed by atoms with Crippen molar-refractivity contribution in [3.63, 3.8) is 0 Å². The van der Waals surface area contributed by atoms with Crippen LogP contribution in [-0.4, -0.2) is 79.2 Å². The summed E-state index contributed by atoms with van der Waals surface area (Å²) in [6.07, 6.45) is 2.69. The van der Waals surface area contributed by atoms with Gasteiger partial charge in [0.05, 0.1) is 0 Å². The van der Waals surface area contributed by atoms with E-state index < -0.39 is 5.60 Å². The lowest BCUT2D eigenvalue weighted by Crippen LogP contribution is -2.46. The zero-order valence-electron chi connectivity index (χ0n) is 19.1. The number of hydrogen-bond acceptors (Lipinski definition) is 4. The fraction of sp³-hybridized carbons (Fsp3) is 0.857. The number of nitrogens with one attached hydrogen (secondary N) is 2. The van der Waals surface area contributed by atoms with Crippen molar-refractivity contribution in [3.8, 4) is 0 Å². The molecule has 1 heterocycles. The Morgan fingerprint density at radius 1 is 1.24 bits per heavy atom. The Kier molecular flexibility index (Phi) is 7.77. The molecule has 1 aliphatic carbocycles. The number of nitrogens with zero attached hydrogens (tertiary/aromatic N) is 3. The van der Waals surface area contributed by atoms with E-state index >= 15 is 0 Å². The summed E-state index contributed by atoms with van der Waals surface area (Å²) in [7, 11) is 3.49. The van der Waals surface area contributed by atoms with Crippen LogP contribution in [-0.2, 0) is 9.53 Å². The number of aliphatic imine (C=N–C) groups is 1. The molecule has 8 nitrogen and oxygen atoms in total. The molecule has 2 rings (SSSR count). The molecule has 4 atom stereocenters. The molecule has 0 aromatic carbocycles. The number of likely N-dealkylation sites (tertiary alicyclic amines) is 1. The smallest absolute Gasteiger partial charge is 0.407 e. The SMILES string of the molecule is CCC(C)NC(=NCC(=O)N(C)C)N1CC2CCC(NC(=O)OC(C)(C)C)C2C1. The number of fused-ring (bicyclic) bond motifs is 1. The quantitative estimate of drug-likeness (QED) is 0.536. The summed E-state index contributed by atoms with van der Waals surface area (Å²) in [5, 5.41) is 6.55. The number of hydrogen-bond donors (Lipinski definition) is 2. The van der Waals surface area contributed by atoms with Crippen LogP contribution in [0, 0.1) is 11.8 Å². The third kappa shape index (κ3) is 6.78. The minimum atomic E-state index is -0.497. The molecule has 0 aromatic heterocycles. The highest BCUT2D eigenvalue weighted by Gasteiger charge is 2.44. The predicted molar refractivity (Wildman–Crippen MR) is 115 cm³/mol. The van der Waals surface area contributed by atoms with Gasteiger partial charge < -0.3 is 25.2 Å². The Morgan fingerprint density at radius 3 is 2.52 bits per heavy atom. The third-order valence-electron chi connectivity index (χ3n) is 5.71. The van der Waals surface area contributed by atoms with E-state index in [-0.39, 0.29) is 30.6 Å². The molecule has 0 spiro atoms. The van der Waals surface area contributed by atoms with E-state index in [4.69, 9.17) is 4.74 Å². The van der Waals surface area contributed by atoms with Crippen LogP contribution in [0.4, 0.5) is 4.79 Å². The Hall–Kier alpha value is -1.99. The summed E-state index contributed by atoms with van der Waals surface area (Å²) < 4.78 is 5.44. The first-order chi connectivity index (χ1) is 13.5. The lowest BCUT2D eigenvalue weighted by Gasteiger charge is -2.27. The van der Waals surface area contributed by atoms with E-state index in [1.807, 2.05) is 20.8 Å². The molecule has 2 aliphatic rings. The second-order valence-electron chi connectivity index (χ2n) is 9.54. The van der Waals surface area contributed by atoms with Gasteiger partial charge in [-0.1, -0.05) is 6.92 Å². The van der Waals surface area contributed by atoms with Crippen molar-refractivity contribution < 1.29 is 14.3 Å². The molecule has 29 heavy (non-hydrogen) atoms. The van der Waals surface area contributed by atoms with E-state index in [1.165, 1.54) is 0 Å². The summed E-state index contributed by atoms with van der Waals surface area (Å²) in [5.41, 5.74) is -0.497. The highest BCUT2D eigenvalue weighted by atomic mass is 16.6. The van der Waals surface area contributed by atoms with E-state index in [1.54, 1.807) is 19.0 Å². The van der Waals surface area contributed by atoms with Crippen molar-refractivity contribution in [2.24, 2.45) is 16.8 Å². The Morgan fingerprint density at radius 2 is 1.93 bits per heavy atom. The van der Waals surface area contributed by atoms with Gasteiger partial charge in [0.2, 0.25) is 5.91 Å². The number of rotatable bonds is 5. The zero-order chi connectivity index (χ0) is 21.8. The van der Waals surface area contributed by atoms with Gasteiger partial charge in [-0.05, 0) is 52.9 Å². The van der Waals surface area contributed by atoms with Crippen LogP contribution in [0.15, 0.2) is 4.99 Å². The first-order valence-corrected chi connectivity index (χ1v) is 10.8. The van der Waals surface area contributed by atoms with Crippen LogP contribution < -0.4 is 10.6 Å². The molecule has 4 unspecified atom stereocenters. The number of carbonyl (C=O) groups excluding carboxylic acids is 2. The highest BCUT2D eigenvalue weighted by Crippen LogP contribution is 2.38. The van der Waals surface area contributed by atoms with Gasteiger partial charge in [-0.25, -0.2) is 9.79 Å². The average Bonchev–Trinajstić information content (AvgIpc) is 3.18. The van der Waals surface area contributed by atoms with Gasteiger partial charge in [0.25, 0.3) is 0 Å². The molecule has 166 valence electrons. The van der Waals surface area contributed by atoms with Crippen molar-refractivity contribution in [3.05, 3.63) is 0 Å². The van der Waals surface area contributed by atoms with Gasteiger partial charge in [-0.15, -0.1) is 0 Å². The Balaban J connectivity index is 2.03. The average molecular weight is 410 g/mol. The van der Waals surface area contributed by atoms with Crippen LogP contribution in [0.2, 0.25) is 0 Å². The van der Waals surface area contributed by atoms with Gasteiger partial charge >= 0.3 is 6.09 Å². The lowest BCUT2D eigenvalue weighted by atomic mass is 9.98. The maximum absolute atomic E-state index is 12.2. The fourth-order valence-corrected chi connectivity index (χ4v) is 3.92. The number of ether oxygens (including phenoxy) is 1. The summed E-state index contributed by atoms with van der Waals surface area (Å²) in [6.45, 7) is 11.7. The van der Waals surface area contributed by atoms with E-state index in [0.717, 1.165) is 38.3 Å². The molecule has 8 heteroatoms. The highest BCUT2D eigenvalue weighted by molar-refractivity contribution is 5.85. The van der Waals surface area contributed by atoms with Crippen molar-refractivity contribution in [1.29, 1.82) is 0 Å². The molecule has 1 aliphatic heterocycles. The second-order valence-corrected chi connectivity index (χ2v) is 9.54. The lowest BCUT2D eigenvalue weighted by molar-refractivity contribution is -0.127. The summed E-state index contributed by atoms with van der Waals surface area (Å²) in [5.74, 6) is 1.66. The molecule has 2 N–H and O–H groups in total. The maximum Gasteiger partial charge on any atom is 0.407 e. The number of likely N-dealkylation sites (N-methyl/N-ethyl adjacent to an activating group) is 1. The minimum absolute atomic E-state index is 0.0164. The number of alkyl carbamates (subject to hydrolysis) is 1. The van der Waals surface area contributed by atoms with Gasteiger partial charge in [0.1, 0.15) is 12.1 Å². The van der Waals surface area contributed by atoms with Crippen molar-refractivity contribution in [2.45, 2.75) is 71.6 Å². The fourth-order valence-electron chi connectivity index (χ4n) is 3.92. The van der Waals surface area contributed by atoms with Crippen molar-refractivity contribution in [1.82, 2.24) is 20.4 Å². The summed E-state index contributed by atoms with van der Waals surface area (Å²) >= 11 is 0. The normalized spacial score (nSPS) is 25.4. The first-order valence-electron chi connectivity index (χ1n) is 10.8. The van der Waals surface area contributed by atoms with Gasteiger partial charge in [0.15, 0.2) is 5.96 Å². The Labute approximate surface area is 175 Å². The molecule has 2 amide bonds. The number of guanidine groups is 1. The molecule has 0 radical (unpaired) electrons. The van der Waals surface area contributed by atoms with Crippen molar-refractivity contribution >= 4 is 18.0 Å². The van der Waals surface area contributed by atoms with E-state index in [9.17, 15) is 9.59 Å². The van der Waals surface area contributed by atoms with Gasteiger partial charge in [-0.2, -0.15) is 0 Å². The molecule has 0 aromatic rings. The largest absolute Gasteiger partial charge is 0.444 e. The van der Waals surface area contributed by atoms with Gasteiger partial charge in [0, 0.05) is 45.2 Å². The number of amides is 2. The van der Waals surface area contributed by atoms with Crippen molar-refractivity contribution in [2.75, 3.05) is 33.7 Å². The molecular weight excluding hydrogens is 370 g/mol. The molecule has 0 bridgehead atoms. The van der Waals surface area contributed by atoms with Crippen LogP contribution in [0.25, 0.3) is 0 Å². The third-order valence-corrected chi connectivity index (χ3v) is 5.71. The topological polar surface area (TPSA) is 86.3 Å². The maximum atomic E-state index is 12.2. The molecule has 1 saturated heterocycles.